The smallest absolute Gasteiger partial charge is 0.194 e. The molecule has 2 heterocycles. The summed E-state index contributed by atoms with van der Waals surface area (Å²) in [6, 6.07) is 10.7. The van der Waals surface area contributed by atoms with Crippen molar-refractivity contribution in [2.75, 3.05) is 0 Å². The van der Waals surface area contributed by atoms with Crippen molar-refractivity contribution in [2.45, 2.75) is 43.9 Å². The summed E-state index contributed by atoms with van der Waals surface area (Å²) in [7, 11) is 0. The zero-order valence-electron chi connectivity index (χ0n) is 13.8. The Morgan fingerprint density at radius 2 is 1.58 bits per heavy atom. The highest BCUT2D eigenvalue weighted by atomic mass is 32.1. The molecule has 3 heteroatoms. The maximum absolute atomic E-state index is 5.13. The first-order valence-corrected chi connectivity index (χ1v) is 10.1. The SMILES string of the molecule is c1ccc(-c2cn3cc(C45CC6CC(CC(C6)C4)C5)nc3s2)cc1. The molecule has 0 saturated heterocycles. The van der Waals surface area contributed by atoms with Gasteiger partial charge in [-0.3, -0.25) is 4.40 Å². The van der Waals surface area contributed by atoms with E-state index in [1.54, 1.807) is 0 Å². The molecule has 7 rings (SSSR count). The summed E-state index contributed by atoms with van der Waals surface area (Å²) in [5.74, 6) is 2.95. The molecule has 2 aromatic heterocycles. The monoisotopic (exact) mass is 334 g/mol. The van der Waals surface area contributed by atoms with Gasteiger partial charge in [-0.1, -0.05) is 41.7 Å². The van der Waals surface area contributed by atoms with Gasteiger partial charge >= 0.3 is 0 Å². The predicted molar refractivity (Wildman–Crippen MR) is 98.4 cm³/mol. The highest BCUT2D eigenvalue weighted by Gasteiger charge is 2.52. The van der Waals surface area contributed by atoms with Gasteiger partial charge in [0, 0.05) is 17.8 Å². The third-order valence-corrected chi connectivity index (χ3v) is 7.84. The van der Waals surface area contributed by atoms with Crippen molar-refractivity contribution in [3.63, 3.8) is 0 Å². The van der Waals surface area contributed by atoms with Gasteiger partial charge in [0.2, 0.25) is 0 Å². The van der Waals surface area contributed by atoms with Gasteiger partial charge in [-0.05, 0) is 61.8 Å². The molecule has 4 fully saturated rings. The fourth-order valence-corrected chi connectivity index (χ4v) is 7.18. The van der Waals surface area contributed by atoms with Crippen LogP contribution in [0.25, 0.3) is 15.4 Å². The summed E-state index contributed by atoms with van der Waals surface area (Å²) >= 11 is 1.83. The molecule has 1 aromatic carbocycles. The summed E-state index contributed by atoms with van der Waals surface area (Å²) in [5, 5.41) is 0. The first-order chi connectivity index (χ1) is 11.8. The number of imidazole rings is 1. The number of nitrogens with zero attached hydrogens (tertiary/aromatic N) is 2. The minimum atomic E-state index is 0.410. The number of rotatable bonds is 2. The fourth-order valence-electron chi connectivity index (χ4n) is 6.21. The molecule has 4 aliphatic carbocycles. The predicted octanol–water partition coefficient (Wildman–Crippen LogP) is 5.53. The van der Waals surface area contributed by atoms with Crippen molar-refractivity contribution in [2.24, 2.45) is 17.8 Å². The Morgan fingerprint density at radius 1 is 0.917 bits per heavy atom. The highest BCUT2D eigenvalue weighted by Crippen LogP contribution is 2.60. The lowest BCUT2D eigenvalue weighted by atomic mass is 9.49. The minimum absolute atomic E-state index is 0.410. The molecular weight excluding hydrogens is 312 g/mol. The van der Waals surface area contributed by atoms with E-state index in [0.29, 0.717) is 5.41 Å². The van der Waals surface area contributed by atoms with Crippen LogP contribution in [0.5, 0.6) is 0 Å². The molecule has 3 aromatic rings. The topological polar surface area (TPSA) is 17.3 Å². The van der Waals surface area contributed by atoms with Crippen LogP contribution in [-0.4, -0.2) is 9.38 Å². The van der Waals surface area contributed by atoms with Crippen molar-refractivity contribution >= 4 is 16.3 Å². The Balaban J connectivity index is 1.40. The lowest BCUT2D eigenvalue weighted by molar-refractivity contribution is -0.00696. The summed E-state index contributed by atoms with van der Waals surface area (Å²) in [6.07, 6.45) is 13.3. The third kappa shape index (κ3) is 1.91. The molecule has 4 aliphatic rings. The van der Waals surface area contributed by atoms with Crippen molar-refractivity contribution in [3.05, 3.63) is 48.4 Å². The molecule has 0 aliphatic heterocycles. The van der Waals surface area contributed by atoms with Crippen molar-refractivity contribution in [3.8, 4) is 10.4 Å². The molecule has 0 amide bonds. The molecule has 0 N–H and O–H groups in total. The van der Waals surface area contributed by atoms with Crippen LogP contribution in [0.15, 0.2) is 42.7 Å². The standard InChI is InChI=1S/C21H22N2S/c1-2-4-17(5-3-1)18-12-23-13-19(22-20(23)24-18)21-9-14-6-15(10-21)8-16(7-14)11-21/h1-5,12-16H,6-11H2. The van der Waals surface area contributed by atoms with E-state index in [0.717, 1.165) is 17.8 Å². The van der Waals surface area contributed by atoms with Crippen LogP contribution < -0.4 is 0 Å². The summed E-state index contributed by atoms with van der Waals surface area (Å²) in [5.41, 5.74) is 3.10. The lowest BCUT2D eigenvalue weighted by Crippen LogP contribution is -2.48. The molecule has 122 valence electrons. The Bertz CT molecular complexity index is 838. The maximum Gasteiger partial charge on any atom is 0.194 e. The van der Waals surface area contributed by atoms with E-state index < -0.39 is 0 Å². The van der Waals surface area contributed by atoms with Crippen LogP contribution in [0.4, 0.5) is 0 Å². The molecular formula is C21H22N2S. The summed E-state index contributed by atoms with van der Waals surface area (Å²) < 4.78 is 2.28. The Hall–Kier alpha value is -1.61. The average Bonchev–Trinajstić information content (AvgIpc) is 3.13. The number of fused-ring (bicyclic) bond motifs is 1. The zero-order valence-corrected chi connectivity index (χ0v) is 14.6. The van der Waals surface area contributed by atoms with Crippen LogP contribution >= 0.6 is 11.3 Å². The van der Waals surface area contributed by atoms with Crippen molar-refractivity contribution in [1.29, 1.82) is 0 Å². The van der Waals surface area contributed by atoms with Gasteiger partial charge < -0.3 is 0 Å². The molecule has 0 radical (unpaired) electrons. The lowest BCUT2D eigenvalue weighted by Gasteiger charge is -2.56. The van der Waals surface area contributed by atoms with Crippen molar-refractivity contribution in [1.82, 2.24) is 9.38 Å². The average molecular weight is 334 g/mol. The highest BCUT2D eigenvalue weighted by molar-refractivity contribution is 7.20. The zero-order chi connectivity index (χ0) is 15.7. The van der Waals surface area contributed by atoms with E-state index in [1.165, 1.54) is 59.6 Å². The molecule has 2 nitrogen and oxygen atoms in total. The van der Waals surface area contributed by atoms with Gasteiger partial charge in [0.15, 0.2) is 4.96 Å². The third-order valence-electron chi connectivity index (χ3n) is 6.80. The Labute approximate surface area is 146 Å². The second-order valence-corrected chi connectivity index (χ2v) is 9.48. The largest absolute Gasteiger partial charge is 0.297 e. The number of benzene rings is 1. The van der Waals surface area contributed by atoms with Gasteiger partial charge in [0.1, 0.15) is 0 Å². The quantitative estimate of drug-likeness (QED) is 0.602. The van der Waals surface area contributed by atoms with Crippen molar-refractivity contribution < 1.29 is 0 Å². The maximum atomic E-state index is 5.13. The van der Waals surface area contributed by atoms with Crippen LogP contribution in [0, 0.1) is 17.8 Å². The van der Waals surface area contributed by atoms with Crippen LogP contribution in [0.1, 0.15) is 44.2 Å². The minimum Gasteiger partial charge on any atom is -0.297 e. The van der Waals surface area contributed by atoms with E-state index in [-0.39, 0.29) is 0 Å². The molecule has 24 heavy (non-hydrogen) atoms. The second-order valence-electron chi connectivity index (χ2n) is 8.48. The summed E-state index contributed by atoms with van der Waals surface area (Å²) in [6.45, 7) is 0. The summed E-state index contributed by atoms with van der Waals surface area (Å²) in [4.78, 5) is 7.61. The number of aromatic nitrogens is 2. The first kappa shape index (κ1) is 13.7. The normalized spacial score (nSPS) is 34.2. The number of hydrogen-bond acceptors (Lipinski definition) is 2. The Morgan fingerprint density at radius 3 is 2.21 bits per heavy atom. The van der Waals surface area contributed by atoms with E-state index in [1.807, 2.05) is 11.3 Å². The van der Waals surface area contributed by atoms with Crippen LogP contribution in [-0.2, 0) is 5.41 Å². The van der Waals surface area contributed by atoms with Gasteiger partial charge in [-0.15, -0.1) is 0 Å². The Kier molecular flexibility index (Phi) is 2.69. The number of thiazole rings is 1. The molecule has 4 saturated carbocycles. The van der Waals surface area contributed by atoms with Crippen LogP contribution in [0.2, 0.25) is 0 Å². The molecule has 0 atom stereocenters. The molecule has 4 bridgehead atoms. The van der Waals surface area contributed by atoms with Gasteiger partial charge in [-0.2, -0.15) is 0 Å². The molecule has 0 spiro atoms. The van der Waals surface area contributed by atoms with E-state index in [2.05, 4.69) is 47.1 Å². The van der Waals surface area contributed by atoms with Gasteiger partial charge in [0.05, 0.1) is 10.6 Å². The first-order valence-electron chi connectivity index (χ1n) is 9.32. The second kappa shape index (κ2) is 4.72. The van der Waals surface area contributed by atoms with Gasteiger partial charge in [-0.25, -0.2) is 4.98 Å². The van der Waals surface area contributed by atoms with Crippen LogP contribution in [0.3, 0.4) is 0 Å². The molecule has 0 unspecified atom stereocenters. The van der Waals surface area contributed by atoms with E-state index in [4.69, 9.17) is 4.98 Å². The van der Waals surface area contributed by atoms with E-state index in [9.17, 15) is 0 Å². The number of hydrogen-bond donors (Lipinski definition) is 0. The fraction of sp³-hybridized carbons (Fsp3) is 0.476. The van der Waals surface area contributed by atoms with Gasteiger partial charge in [0.25, 0.3) is 0 Å². The van der Waals surface area contributed by atoms with E-state index >= 15 is 0 Å².